The molecule has 2 aromatic carbocycles. The third-order valence-corrected chi connectivity index (χ3v) is 5.15. The molecule has 0 saturated carbocycles. The Hall–Kier alpha value is -2.91. The highest BCUT2D eigenvalue weighted by Crippen LogP contribution is 2.28. The van der Waals surface area contributed by atoms with Crippen LogP contribution in [0.25, 0.3) is 0 Å². The van der Waals surface area contributed by atoms with Crippen molar-refractivity contribution < 1.29 is 23.9 Å². The minimum Gasteiger partial charge on any atom is -0.456 e. The van der Waals surface area contributed by atoms with E-state index in [1.807, 2.05) is 0 Å². The molecule has 0 aliphatic carbocycles. The Morgan fingerprint density at radius 3 is 2.16 bits per heavy atom. The predicted octanol–water partition coefficient (Wildman–Crippen LogP) is 4.27. The lowest BCUT2D eigenvalue weighted by atomic mass is 10.2. The minimum absolute atomic E-state index is 0.102. The molecule has 0 aliphatic rings. The van der Waals surface area contributed by atoms with E-state index in [4.69, 9.17) is 16.3 Å². The second kappa shape index (κ2) is 11.5. The highest BCUT2D eigenvalue weighted by Gasteiger charge is 2.12. The van der Waals surface area contributed by atoms with E-state index >= 15 is 0 Å². The number of rotatable bonds is 8. The summed E-state index contributed by atoms with van der Waals surface area (Å²) in [5, 5.41) is 8.31. The zero-order chi connectivity index (χ0) is 23.0. The topological polar surface area (TPSA) is 114 Å². The lowest BCUT2D eigenvalue weighted by molar-refractivity contribution is -0.147. The van der Waals surface area contributed by atoms with Crippen molar-refractivity contribution in [2.24, 2.45) is 0 Å². The number of esters is 1. The van der Waals surface area contributed by atoms with Crippen molar-refractivity contribution in [3.05, 3.63) is 51.5 Å². The van der Waals surface area contributed by atoms with Gasteiger partial charge in [-0.2, -0.15) is 0 Å². The van der Waals surface area contributed by atoms with Crippen molar-refractivity contribution in [3.63, 3.8) is 0 Å². The Morgan fingerprint density at radius 2 is 1.55 bits per heavy atom. The number of carbonyl (C=O) groups is 4. The average molecular weight is 511 g/mol. The maximum Gasteiger partial charge on any atom is 0.306 e. The molecule has 3 amide bonds. The first-order chi connectivity index (χ1) is 14.6. The molecule has 164 valence electrons. The molecule has 0 heterocycles. The van der Waals surface area contributed by atoms with Gasteiger partial charge in [0, 0.05) is 34.9 Å². The number of amides is 3. The molecule has 0 bridgehead atoms. The fraction of sp³-hybridized carbons (Fsp3) is 0.238. The quantitative estimate of drug-likeness (QED) is 0.459. The SMILES string of the molecule is CC(=O)Nc1ccc(NC(=O)CCC(=O)OCC(=O)Nc2cc(Cl)c(Br)cc2C)cc1. The summed E-state index contributed by atoms with van der Waals surface area (Å²) in [6.07, 6.45) is -0.276. The molecule has 2 rings (SSSR count). The van der Waals surface area contributed by atoms with Crippen molar-refractivity contribution in [2.75, 3.05) is 22.6 Å². The second-order valence-electron chi connectivity index (χ2n) is 6.60. The van der Waals surface area contributed by atoms with Crippen molar-refractivity contribution in [1.29, 1.82) is 0 Å². The van der Waals surface area contributed by atoms with E-state index in [0.29, 0.717) is 26.6 Å². The van der Waals surface area contributed by atoms with Crippen LogP contribution in [0.3, 0.4) is 0 Å². The number of carbonyl (C=O) groups excluding carboxylic acids is 4. The Morgan fingerprint density at radius 1 is 0.935 bits per heavy atom. The van der Waals surface area contributed by atoms with Crippen LogP contribution in [0, 0.1) is 6.92 Å². The van der Waals surface area contributed by atoms with Crippen LogP contribution < -0.4 is 16.0 Å². The fourth-order valence-electron chi connectivity index (χ4n) is 2.46. The molecule has 0 unspecified atom stereocenters. The highest BCUT2D eigenvalue weighted by atomic mass is 79.9. The average Bonchev–Trinajstić information content (AvgIpc) is 2.70. The summed E-state index contributed by atoms with van der Waals surface area (Å²) in [5.74, 6) is -1.76. The van der Waals surface area contributed by atoms with E-state index in [0.717, 1.165) is 5.56 Å². The standard InChI is InChI=1S/C21H21BrClN3O5/c1-12-9-16(22)17(23)10-18(12)26-20(29)11-31-21(30)8-7-19(28)25-15-5-3-14(4-6-15)24-13(2)27/h3-6,9-10H,7-8,11H2,1-2H3,(H,24,27)(H,25,28)(H,26,29). The van der Waals surface area contributed by atoms with Crippen molar-refractivity contribution in [1.82, 2.24) is 0 Å². The molecule has 0 saturated heterocycles. The molecule has 0 radical (unpaired) electrons. The Kier molecular flexibility index (Phi) is 9.02. The second-order valence-corrected chi connectivity index (χ2v) is 7.86. The molecule has 3 N–H and O–H groups in total. The third kappa shape index (κ3) is 8.39. The monoisotopic (exact) mass is 509 g/mol. The molecule has 8 nitrogen and oxygen atoms in total. The van der Waals surface area contributed by atoms with Crippen LogP contribution in [0.5, 0.6) is 0 Å². The van der Waals surface area contributed by atoms with Gasteiger partial charge >= 0.3 is 5.97 Å². The van der Waals surface area contributed by atoms with Gasteiger partial charge in [-0.3, -0.25) is 19.2 Å². The number of benzene rings is 2. The Labute approximate surface area is 192 Å². The number of aryl methyl sites for hydroxylation is 1. The lowest BCUT2D eigenvalue weighted by Gasteiger charge is -2.10. The molecule has 0 spiro atoms. The normalized spacial score (nSPS) is 10.2. The first kappa shape index (κ1) is 24.4. The summed E-state index contributed by atoms with van der Waals surface area (Å²) in [7, 11) is 0. The van der Waals surface area contributed by atoms with Gasteiger partial charge in [0.15, 0.2) is 6.61 Å². The fourth-order valence-corrected chi connectivity index (χ4v) is 3.09. The molecule has 31 heavy (non-hydrogen) atoms. The van der Waals surface area contributed by atoms with Crippen LogP contribution in [0.1, 0.15) is 25.3 Å². The summed E-state index contributed by atoms with van der Waals surface area (Å²) in [6, 6.07) is 9.89. The first-order valence-electron chi connectivity index (χ1n) is 9.22. The highest BCUT2D eigenvalue weighted by molar-refractivity contribution is 9.10. The predicted molar refractivity (Wildman–Crippen MR) is 122 cm³/mol. The number of nitrogens with one attached hydrogen (secondary N) is 3. The Balaban J connectivity index is 1.72. The van der Waals surface area contributed by atoms with Gasteiger partial charge in [-0.15, -0.1) is 0 Å². The number of anilines is 3. The van der Waals surface area contributed by atoms with Gasteiger partial charge in [0.05, 0.1) is 11.4 Å². The van der Waals surface area contributed by atoms with Crippen LogP contribution in [0.2, 0.25) is 5.02 Å². The van der Waals surface area contributed by atoms with E-state index in [1.165, 1.54) is 6.92 Å². The van der Waals surface area contributed by atoms with Crippen LogP contribution in [0.15, 0.2) is 40.9 Å². The van der Waals surface area contributed by atoms with E-state index in [2.05, 4.69) is 31.9 Å². The smallest absolute Gasteiger partial charge is 0.306 e. The zero-order valence-electron chi connectivity index (χ0n) is 16.9. The van der Waals surface area contributed by atoms with Crippen LogP contribution in [-0.4, -0.2) is 30.3 Å². The minimum atomic E-state index is -0.670. The maximum atomic E-state index is 12.0. The van der Waals surface area contributed by atoms with Gasteiger partial charge in [0.25, 0.3) is 5.91 Å². The first-order valence-corrected chi connectivity index (χ1v) is 10.4. The molecule has 2 aromatic rings. The molecular weight excluding hydrogens is 490 g/mol. The maximum absolute atomic E-state index is 12.0. The van der Waals surface area contributed by atoms with Gasteiger partial charge in [-0.25, -0.2) is 0 Å². The molecule has 0 aliphatic heterocycles. The Bertz CT molecular complexity index is 995. The molecular formula is C21H21BrClN3O5. The molecule has 10 heteroatoms. The summed E-state index contributed by atoms with van der Waals surface area (Å²) < 4.78 is 5.62. The molecule has 0 atom stereocenters. The van der Waals surface area contributed by atoms with Gasteiger partial charge in [0.1, 0.15) is 0 Å². The summed E-state index contributed by atoms with van der Waals surface area (Å²) in [6.45, 7) is 2.72. The zero-order valence-corrected chi connectivity index (χ0v) is 19.2. The molecule has 0 aromatic heterocycles. The largest absolute Gasteiger partial charge is 0.456 e. The van der Waals surface area contributed by atoms with E-state index in [9.17, 15) is 19.2 Å². The van der Waals surface area contributed by atoms with Gasteiger partial charge in [0.2, 0.25) is 11.8 Å². The van der Waals surface area contributed by atoms with E-state index < -0.39 is 18.5 Å². The van der Waals surface area contributed by atoms with Gasteiger partial charge < -0.3 is 20.7 Å². The number of hydrogen-bond acceptors (Lipinski definition) is 5. The number of ether oxygens (including phenoxy) is 1. The summed E-state index contributed by atoms with van der Waals surface area (Å²) in [4.78, 5) is 46.8. The van der Waals surface area contributed by atoms with Gasteiger partial charge in [-0.1, -0.05) is 11.6 Å². The number of halogens is 2. The van der Waals surface area contributed by atoms with E-state index in [1.54, 1.807) is 43.3 Å². The van der Waals surface area contributed by atoms with Gasteiger partial charge in [-0.05, 0) is 64.8 Å². The van der Waals surface area contributed by atoms with Crippen LogP contribution >= 0.6 is 27.5 Å². The number of hydrogen-bond donors (Lipinski definition) is 3. The third-order valence-electron chi connectivity index (χ3n) is 3.95. The summed E-state index contributed by atoms with van der Waals surface area (Å²) >= 11 is 9.31. The summed E-state index contributed by atoms with van der Waals surface area (Å²) in [5.41, 5.74) is 2.43. The lowest BCUT2D eigenvalue weighted by Crippen LogP contribution is -2.22. The van der Waals surface area contributed by atoms with Crippen LogP contribution in [-0.2, 0) is 23.9 Å². The molecule has 0 fully saturated rings. The van der Waals surface area contributed by atoms with E-state index in [-0.39, 0.29) is 24.7 Å². The van der Waals surface area contributed by atoms with Crippen molar-refractivity contribution in [3.8, 4) is 0 Å². The van der Waals surface area contributed by atoms with Crippen molar-refractivity contribution in [2.45, 2.75) is 26.7 Å². The van der Waals surface area contributed by atoms with Crippen LogP contribution in [0.4, 0.5) is 17.1 Å². The van der Waals surface area contributed by atoms with Crippen molar-refractivity contribution >= 4 is 68.3 Å².